The molecule has 0 radical (unpaired) electrons. The highest BCUT2D eigenvalue weighted by atomic mass is 35.5. The second kappa shape index (κ2) is 10.3. The Labute approximate surface area is 175 Å². The first-order valence-electron chi connectivity index (χ1n) is 9.47. The van der Waals surface area contributed by atoms with Crippen molar-refractivity contribution in [3.63, 3.8) is 0 Å². The van der Waals surface area contributed by atoms with E-state index in [-0.39, 0.29) is 17.1 Å². The highest BCUT2D eigenvalue weighted by Gasteiger charge is 2.24. The smallest absolute Gasteiger partial charge is 0.287 e. The third-order valence-electron chi connectivity index (χ3n) is 4.58. The summed E-state index contributed by atoms with van der Waals surface area (Å²) in [7, 11) is 1.69. The molecule has 0 saturated carbocycles. The van der Waals surface area contributed by atoms with Gasteiger partial charge in [-0.05, 0) is 37.1 Å². The number of carbonyl (C=O) groups excluding carboxylic acids is 1. The molecule has 1 heterocycles. The number of hydrogen-bond donors (Lipinski definition) is 3. The summed E-state index contributed by atoms with van der Waals surface area (Å²) in [4.78, 5) is 16.2. The predicted molar refractivity (Wildman–Crippen MR) is 114 cm³/mol. The minimum Gasteiger partial charge on any atom is -0.459 e. The van der Waals surface area contributed by atoms with Gasteiger partial charge in [-0.25, -0.2) is 4.39 Å². The third kappa shape index (κ3) is 6.49. The molecule has 6 nitrogen and oxygen atoms in total. The zero-order valence-electron chi connectivity index (χ0n) is 17.2. The maximum atomic E-state index is 13.3. The van der Waals surface area contributed by atoms with Crippen LogP contribution in [0.1, 0.15) is 41.9 Å². The minimum absolute atomic E-state index is 0.215. The first-order chi connectivity index (χ1) is 13.7. The number of halogens is 2. The molecule has 0 unspecified atom stereocenters. The monoisotopic (exact) mass is 422 g/mol. The van der Waals surface area contributed by atoms with E-state index in [2.05, 4.69) is 20.9 Å². The standard InChI is InChI=1S/C21H28ClFN4O2/c1-14-8-11-29-18(14)19(28)25-9-5-10-26-20(24-4)27-13-21(2,3)16-7-6-15(23)12-17(16)22/h6-8,11-12H,5,9-10,13H2,1-4H3,(H,25,28)(H2,24,26,27). The van der Waals surface area contributed by atoms with Crippen LogP contribution in [-0.2, 0) is 5.41 Å². The van der Waals surface area contributed by atoms with E-state index in [1.54, 1.807) is 19.2 Å². The first kappa shape index (κ1) is 22.7. The number of aliphatic imine (C=N–C) groups is 1. The molecule has 1 aromatic carbocycles. The van der Waals surface area contributed by atoms with Crippen LogP contribution in [0.4, 0.5) is 4.39 Å². The summed E-state index contributed by atoms with van der Waals surface area (Å²) in [6.07, 6.45) is 2.22. The predicted octanol–water partition coefficient (Wildman–Crippen LogP) is 3.64. The van der Waals surface area contributed by atoms with E-state index in [9.17, 15) is 9.18 Å². The molecule has 29 heavy (non-hydrogen) atoms. The van der Waals surface area contributed by atoms with E-state index < -0.39 is 0 Å². The first-order valence-corrected chi connectivity index (χ1v) is 9.84. The van der Waals surface area contributed by atoms with Crippen LogP contribution in [0.2, 0.25) is 5.02 Å². The largest absolute Gasteiger partial charge is 0.459 e. The topological polar surface area (TPSA) is 78.7 Å². The molecule has 3 N–H and O–H groups in total. The lowest BCUT2D eigenvalue weighted by Gasteiger charge is -2.27. The molecule has 0 aliphatic carbocycles. The fourth-order valence-corrected chi connectivity index (χ4v) is 3.26. The average Bonchev–Trinajstić information content (AvgIpc) is 3.09. The van der Waals surface area contributed by atoms with Gasteiger partial charge >= 0.3 is 0 Å². The van der Waals surface area contributed by atoms with E-state index in [1.165, 1.54) is 18.4 Å². The van der Waals surface area contributed by atoms with Crippen LogP contribution in [0.3, 0.4) is 0 Å². The molecule has 8 heteroatoms. The summed E-state index contributed by atoms with van der Waals surface area (Å²) in [6, 6.07) is 6.20. The van der Waals surface area contributed by atoms with Gasteiger partial charge in [0.2, 0.25) is 0 Å². The molecule has 158 valence electrons. The summed E-state index contributed by atoms with van der Waals surface area (Å²) in [5.74, 6) is 0.420. The molecule has 0 aliphatic rings. The number of carbonyl (C=O) groups is 1. The van der Waals surface area contributed by atoms with E-state index in [1.807, 2.05) is 20.8 Å². The summed E-state index contributed by atoms with van der Waals surface area (Å²) >= 11 is 6.20. The zero-order valence-corrected chi connectivity index (χ0v) is 18.0. The molecule has 0 aliphatic heterocycles. The molecule has 0 atom stereocenters. The van der Waals surface area contributed by atoms with Crippen molar-refractivity contribution < 1.29 is 13.6 Å². The number of benzene rings is 1. The van der Waals surface area contributed by atoms with Gasteiger partial charge in [0, 0.05) is 42.7 Å². The van der Waals surface area contributed by atoms with Crippen molar-refractivity contribution in [3.05, 3.63) is 58.3 Å². The van der Waals surface area contributed by atoms with E-state index in [0.29, 0.717) is 36.4 Å². The second-order valence-electron chi connectivity index (χ2n) is 7.40. The SMILES string of the molecule is CN=C(NCCCNC(=O)c1occc1C)NCC(C)(C)c1ccc(F)cc1Cl. The van der Waals surface area contributed by atoms with Crippen molar-refractivity contribution in [2.24, 2.45) is 4.99 Å². The molecule has 1 amide bonds. The van der Waals surface area contributed by atoms with Gasteiger partial charge in [-0.2, -0.15) is 0 Å². The average molecular weight is 423 g/mol. The maximum Gasteiger partial charge on any atom is 0.287 e. The lowest BCUT2D eigenvalue weighted by atomic mass is 9.84. The molecule has 0 bridgehead atoms. The second-order valence-corrected chi connectivity index (χ2v) is 7.81. The number of nitrogens with zero attached hydrogens (tertiary/aromatic N) is 1. The van der Waals surface area contributed by atoms with Crippen molar-refractivity contribution in [2.75, 3.05) is 26.7 Å². The molecule has 1 aromatic heterocycles. The lowest BCUT2D eigenvalue weighted by Crippen LogP contribution is -2.44. The van der Waals surface area contributed by atoms with Crippen LogP contribution >= 0.6 is 11.6 Å². The van der Waals surface area contributed by atoms with Crippen molar-refractivity contribution in [1.82, 2.24) is 16.0 Å². The number of nitrogens with one attached hydrogen (secondary N) is 3. The highest BCUT2D eigenvalue weighted by molar-refractivity contribution is 6.31. The highest BCUT2D eigenvalue weighted by Crippen LogP contribution is 2.29. The summed E-state index contributed by atoms with van der Waals surface area (Å²) in [6.45, 7) is 7.59. The van der Waals surface area contributed by atoms with Gasteiger partial charge in [-0.15, -0.1) is 0 Å². The van der Waals surface area contributed by atoms with Gasteiger partial charge in [0.1, 0.15) is 5.82 Å². The Kier molecular flexibility index (Phi) is 8.08. The van der Waals surface area contributed by atoms with Crippen molar-refractivity contribution in [2.45, 2.75) is 32.6 Å². The molecule has 0 spiro atoms. The summed E-state index contributed by atoms with van der Waals surface area (Å²) in [5, 5.41) is 9.70. The molecular weight excluding hydrogens is 395 g/mol. The third-order valence-corrected chi connectivity index (χ3v) is 4.89. The Morgan fingerprint density at radius 1 is 1.21 bits per heavy atom. The van der Waals surface area contributed by atoms with Crippen LogP contribution in [-0.4, -0.2) is 38.5 Å². The summed E-state index contributed by atoms with van der Waals surface area (Å²) in [5.41, 5.74) is 1.35. The lowest BCUT2D eigenvalue weighted by molar-refractivity contribution is 0.0925. The fraction of sp³-hybridized carbons (Fsp3) is 0.429. The Hall–Kier alpha value is -2.54. The Bertz CT molecular complexity index is 864. The molecule has 2 rings (SSSR count). The molecule has 2 aromatic rings. The van der Waals surface area contributed by atoms with Gasteiger partial charge in [-0.1, -0.05) is 31.5 Å². The van der Waals surface area contributed by atoms with Crippen molar-refractivity contribution in [1.29, 1.82) is 0 Å². The number of hydrogen-bond acceptors (Lipinski definition) is 3. The van der Waals surface area contributed by atoms with Gasteiger partial charge in [-0.3, -0.25) is 9.79 Å². The number of rotatable bonds is 8. The van der Waals surface area contributed by atoms with Gasteiger partial charge < -0.3 is 20.4 Å². The number of aryl methyl sites for hydroxylation is 1. The van der Waals surface area contributed by atoms with Gasteiger partial charge in [0.25, 0.3) is 5.91 Å². The Balaban J connectivity index is 1.75. The van der Waals surface area contributed by atoms with Crippen molar-refractivity contribution >= 4 is 23.5 Å². The van der Waals surface area contributed by atoms with Crippen LogP contribution in [0, 0.1) is 12.7 Å². The molecular formula is C21H28ClFN4O2. The van der Waals surface area contributed by atoms with Gasteiger partial charge in [0.15, 0.2) is 11.7 Å². The minimum atomic E-state index is -0.353. The molecule has 0 fully saturated rings. The van der Waals surface area contributed by atoms with Crippen LogP contribution in [0.15, 0.2) is 39.9 Å². The van der Waals surface area contributed by atoms with Crippen molar-refractivity contribution in [3.8, 4) is 0 Å². The quantitative estimate of drug-likeness (QED) is 0.345. The number of amides is 1. The Morgan fingerprint density at radius 2 is 1.93 bits per heavy atom. The van der Waals surface area contributed by atoms with Crippen LogP contribution in [0.5, 0.6) is 0 Å². The van der Waals surface area contributed by atoms with E-state index >= 15 is 0 Å². The Morgan fingerprint density at radius 3 is 2.55 bits per heavy atom. The number of furan rings is 1. The number of guanidine groups is 1. The van der Waals surface area contributed by atoms with E-state index in [4.69, 9.17) is 16.0 Å². The van der Waals surface area contributed by atoms with Crippen LogP contribution in [0.25, 0.3) is 0 Å². The maximum absolute atomic E-state index is 13.3. The van der Waals surface area contributed by atoms with Gasteiger partial charge in [0.05, 0.1) is 6.26 Å². The summed E-state index contributed by atoms with van der Waals surface area (Å²) < 4.78 is 18.5. The van der Waals surface area contributed by atoms with E-state index in [0.717, 1.165) is 17.5 Å². The normalized spacial score (nSPS) is 12.0. The fourth-order valence-electron chi connectivity index (χ4n) is 2.84. The van der Waals surface area contributed by atoms with Crippen LogP contribution < -0.4 is 16.0 Å². The zero-order chi connectivity index (χ0) is 21.4. The molecule has 0 saturated heterocycles.